The van der Waals surface area contributed by atoms with Gasteiger partial charge in [-0.15, -0.1) is 0 Å². The molecule has 5 heteroatoms. The topological polar surface area (TPSA) is 52.5 Å². The third-order valence-electron chi connectivity index (χ3n) is 2.78. The van der Waals surface area contributed by atoms with Gasteiger partial charge in [0.15, 0.2) is 0 Å². The number of anilines is 1. The van der Waals surface area contributed by atoms with Crippen molar-refractivity contribution in [2.24, 2.45) is 0 Å². The monoisotopic (exact) mass is 281 g/mol. The van der Waals surface area contributed by atoms with E-state index in [1.54, 1.807) is 6.07 Å². The number of phenolic OH excluding ortho intramolecular Hbond substituents is 2. The van der Waals surface area contributed by atoms with E-state index >= 15 is 0 Å². The fourth-order valence-corrected chi connectivity index (χ4v) is 1.98. The fourth-order valence-electron chi connectivity index (χ4n) is 1.80. The van der Waals surface area contributed by atoms with Crippen LogP contribution in [-0.2, 0) is 0 Å². The van der Waals surface area contributed by atoms with E-state index < -0.39 is 5.82 Å². The summed E-state index contributed by atoms with van der Waals surface area (Å²) in [4.78, 5) is 0. The van der Waals surface area contributed by atoms with Crippen molar-refractivity contribution in [1.29, 1.82) is 0 Å². The molecule has 2 aromatic rings. The molecule has 0 aliphatic rings. The smallest absolute Gasteiger partial charge is 0.141 e. The van der Waals surface area contributed by atoms with E-state index in [2.05, 4.69) is 5.32 Å². The molecule has 0 saturated heterocycles. The highest BCUT2D eigenvalue weighted by Gasteiger charge is 2.12. The predicted octanol–water partition coefficient (Wildman–Crippen LogP) is 4.06. The van der Waals surface area contributed by atoms with E-state index in [9.17, 15) is 14.6 Å². The Bertz CT molecular complexity index is 604. The molecule has 2 aromatic carbocycles. The molecule has 0 spiro atoms. The summed E-state index contributed by atoms with van der Waals surface area (Å²) in [6, 6.07) is 8.30. The molecule has 2 rings (SSSR count). The Morgan fingerprint density at radius 2 is 1.89 bits per heavy atom. The van der Waals surface area contributed by atoms with Crippen molar-refractivity contribution in [2.45, 2.75) is 13.0 Å². The number of phenols is 2. The highest BCUT2D eigenvalue weighted by atomic mass is 35.5. The third kappa shape index (κ3) is 3.09. The van der Waals surface area contributed by atoms with Crippen molar-refractivity contribution < 1.29 is 14.6 Å². The molecule has 0 bridgehead atoms. The van der Waals surface area contributed by atoms with Crippen molar-refractivity contribution in [3.8, 4) is 11.5 Å². The Labute approximate surface area is 115 Å². The molecule has 0 aliphatic heterocycles. The standard InChI is InChI=1S/C14H13ClFNO2/c1-8(11-7-10(18)3-5-14(11)19)17-9-2-4-13(16)12(15)6-9/h2-8,17-19H,1H3. The van der Waals surface area contributed by atoms with Gasteiger partial charge in [-0.3, -0.25) is 0 Å². The van der Waals surface area contributed by atoms with Crippen LogP contribution in [0.4, 0.5) is 10.1 Å². The normalized spacial score (nSPS) is 12.2. The second kappa shape index (κ2) is 5.36. The van der Waals surface area contributed by atoms with E-state index in [0.717, 1.165) is 0 Å². The maximum absolute atomic E-state index is 13.0. The first kappa shape index (κ1) is 13.5. The molecule has 0 radical (unpaired) electrons. The fraction of sp³-hybridized carbons (Fsp3) is 0.143. The Kier molecular flexibility index (Phi) is 3.81. The Morgan fingerprint density at radius 3 is 2.58 bits per heavy atom. The lowest BCUT2D eigenvalue weighted by molar-refractivity contribution is 0.451. The second-order valence-corrected chi connectivity index (χ2v) is 4.65. The van der Waals surface area contributed by atoms with E-state index in [1.807, 2.05) is 6.92 Å². The number of aromatic hydroxyl groups is 2. The molecule has 0 amide bonds. The van der Waals surface area contributed by atoms with Gasteiger partial charge in [-0.05, 0) is 43.3 Å². The van der Waals surface area contributed by atoms with Gasteiger partial charge in [-0.2, -0.15) is 0 Å². The first-order valence-electron chi connectivity index (χ1n) is 5.71. The summed E-state index contributed by atoms with van der Waals surface area (Å²) in [7, 11) is 0. The summed E-state index contributed by atoms with van der Waals surface area (Å²) < 4.78 is 13.0. The largest absolute Gasteiger partial charge is 0.508 e. The van der Waals surface area contributed by atoms with Crippen LogP contribution in [0.15, 0.2) is 36.4 Å². The molecular formula is C14H13ClFNO2. The van der Waals surface area contributed by atoms with Gasteiger partial charge < -0.3 is 15.5 Å². The van der Waals surface area contributed by atoms with Crippen LogP contribution in [0.1, 0.15) is 18.5 Å². The third-order valence-corrected chi connectivity index (χ3v) is 3.07. The quantitative estimate of drug-likeness (QED) is 0.744. The molecule has 1 atom stereocenters. The highest BCUT2D eigenvalue weighted by molar-refractivity contribution is 6.31. The minimum atomic E-state index is -0.486. The van der Waals surface area contributed by atoms with Crippen molar-refractivity contribution in [2.75, 3.05) is 5.32 Å². The molecule has 0 heterocycles. The van der Waals surface area contributed by atoms with Crippen LogP contribution >= 0.6 is 11.6 Å². The van der Waals surface area contributed by atoms with Gasteiger partial charge in [-0.25, -0.2) is 4.39 Å². The minimum Gasteiger partial charge on any atom is -0.508 e. The first-order valence-corrected chi connectivity index (χ1v) is 6.08. The minimum absolute atomic E-state index is 0.0253. The first-order chi connectivity index (χ1) is 8.97. The van der Waals surface area contributed by atoms with Gasteiger partial charge >= 0.3 is 0 Å². The van der Waals surface area contributed by atoms with Crippen LogP contribution in [0.3, 0.4) is 0 Å². The average Bonchev–Trinajstić information content (AvgIpc) is 2.36. The maximum Gasteiger partial charge on any atom is 0.141 e. The van der Waals surface area contributed by atoms with Gasteiger partial charge in [0.1, 0.15) is 17.3 Å². The summed E-state index contributed by atoms with van der Waals surface area (Å²) in [6.07, 6.45) is 0. The number of hydrogen-bond acceptors (Lipinski definition) is 3. The van der Waals surface area contributed by atoms with Gasteiger partial charge in [0.25, 0.3) is 0 Å². The molecule has 0 saturated carbocycles. The van der Waals surface area contributed by atoms with Crippen molar-refractivity contribution >= 4 is 17.3 Å². The highest BCUT2D eigenvalue weighted by Crippen LogP contribution is 2.30. The van der Waals surface area contributed by atoms with E-state index in [1.165, 1.54) is 30.3 Å². The van der Waals surface area contributed by atoms with Crippen LogP contribution in [0, 0.1) is 5.82 Å². The SMILES string of the molecule is CC(Nc1ccc(F)c(Cl)c1)c1cc(O)ccc1O. The summed E-state index contributed by atoms with van der Waals surface area (Å²) in [5, 5.41) is 22.3. The average molecular weight is 282 g/mol. The van der Waals surface area contributed by atoms with Crippen molar-refractivity contribution in [3.05, 3.63) is 52.8 Å². The van der Waals surface area contributed by atoms with Crippen molar-refractivity contribution in [3.63, 3.8) is 0 Å². The molecule has 19 heavy (non-hydrogen) atoms. The second-order valence-electron chi connectivity index (χ2n) is 4.24. The van der Waals surface area contributed by atoms with Crippen LogP contribution < -0.4 is 5.32 Å². The number of halogens is 2. The van der Waals surface area contributed by atoms with Gasteiger partial charge in [0, 0.05) is 11.3 Å². The molecule has 0 aromatic heterocycles. The molecule has 3 nitrogen and oxygen atoms in total. The van der Waals surface area contributed by atoms with Crippen molar-refractivity contribution in [1.82, 2.24) is 0 Å². The predicted molar refractivity (Wildman–Crippen MR) is 73.2 cm³/mol. The zero-order chi connectivity index (χ0) is 14.0. The summed E-state index contributed by atoms with van der Waals surface area (Å²) >= 11 is 5.70. The lowest BCUT2D eigenvalue weighted by Gasteiger charge is -2.17. The number of rotatable bonds is 3. The van der Waals surface area contributed by atoms with Crippen LogP contribution in [0.5, 0.6) is 11.5 Å². The molecule has 1 unspecified atom stereocenters. The van der Waals surface area contributed by atoms with Gasteiger partial charge in [0.2, 0.25) is 0 Å². The Hall–Kier alpha value is -1.94. The van der Waals surface area contributed by atoms with E-state index in [0.29, 0.717) is 11.3 Å². The number of hydrogen-bond donors (Lipinski definition) is 3. The number of nitrogens with one attached hydrogen (secondary N) is 1. The Balaban J connectivity index is 2.22. The molecule has 3 N–H and O–H groups in total. The zero-order valence-corrected chi connectivity index (χ0v) is 10.9. The molecule has 100 valence electrons. The van der Waals surface area contributed by atoms with E-state index in [4.69, 9.17) is 11.6 Å². The van der Waals surface area contributed by atoms with Gasteiger partial charge in [0.05, 0.1) is 11.1 Å². The Morgan fingerprint density at radius 1 is 1.16 bits per heavy atom. The zero-order valence-electron chi connectivity index (χ0n) is 10.2. The lowest BCUT2D eigenvalue weighted by atomic mass is 10.1. The van der Waals surface area contributed by atoms with E-state index in [-0.39, 0.29) is 22.6 Å². The lowest BCUT2D eigenvalue weighted by Crippen LogP contribution is -2.06. The maximum atomic E-state index is 13.0. The number of benzene rings is 2. The van der Waals surface area contributed by atoms with Crippen LogP contribution in [0.25, 0.3) is 0 Å². The molecule has 0 aliphatic carbocycles. The van der Waals surface area contributed by atoms with Crippen LogP contribution in [0.2, 0.25) is 5.02 Å². The summed E-state index contributed by atoms with van der Waals surface area (Å²) in [5.74, 6) is -0.343. The summed E-state index contributed by atoms with van der Waals surface area (Å²) in [6.45, 7) is 1.81. The van der Waals surface area contributed by atoms with Crippen LogP contribution in [-0.4, -0.2) is 10.2 Å². The molecule has 0 fully saturated rings. The summed E-state index contributed by atoms with van der Waals surface area (Å²) in [5.41, 5.74) is 1.17. The van der Waals surface area contributed by atoms with Gasteiger partial charge in [-0.1, -0.05) is 11.6 Å². The molecular weight excluding hydrogens is 269 g/mol.